The van der Waals surface area contributed by atoms with E-state index in [1.807, 2.05) is 18.7 Å². The highest BCUT2D eigenvalue weighted by atomic mass is 16.6. The lowest BCUT2D eigenvalue weighted by atomic mass is 10.1. The van der Waals surface area contributed by atoms with Crippen LogP contribution in [0.1, 0.15) is 26.0 Å². The molecule has 0 spiro atoms. The monoisotopic (exact) mass is 295 g/mol. The normalized spacial score (nSPS) is 17.7. The Morgan fingerprint density at radius 3 is 2.57 bits per heavy atom. The van der Waals surface area contributed by atoms with Gasteiger partial charge in [0.15, 0.2) is 0 Å². The fourth-order valence-electron chi connectivity index (χ4n) is 2.38. The van der Waals surface area contributed by atoms with Crippen LogP contribution in [0.4, 0.5) is 5.88 Å². The first-order valence-corrected chi connectivity index (χ1v) is 7.25. The Labute approximate surface area is 123 Å². The van der Waals surface area contributed by atoms with Gasteiger partial charge in [0.25, 0.3) is 0 Å². The summed E-state index contributed by atoms with van der Waals surface area (Å²) in [4.78, 5) is 26.2. The molecule has 1 amide bonds. The Hall–Kier alpha value is -1.89. The molecule has 0 bridgehead atoms. The minimum Gasteiger partial charge on any atom is -0.404 e. The van der Waals surface area contributed by atoms with Gasteiger partial charge in [-0.2, -0.15) is 0 Å². The number of carbonyl (C=O) groups excluding carboxylic acids is 1. The van der Waals surface area contributed by atoms with Crippen molar-refractivity contribution in [1.29, 1.82) is 0 Å². The summed E-state index contributed by atoms with van der Waals surface area (Å²) in [6, 6.07) is 3.01. The number of rotatable bonds is 5. The summed E-state index contributed by atoms with van der Waals surface area (Å²) < 4.78 is 5.16. The van der Waals surface area contributed by atoms with E-state index in [0.717, 1.165) is 19.5 Å². The van der Waals surface area contributed by atoms with E-state index in [1.165, 1.54) is 6.07 Å². The van der Waals surface area contributed by atoms with Gasteiger partial charge in [0.05, 0.1) is 12.6 Å². The van der Waals surface area contributed by atoms with Gasteiger partial charge in [-0.3, -0.25) is 19.8 Å². The van der Waals surface area contributed by atoms with Crippen LogP contribution in [-0.2, 0) is 11.3 Å². The molecule has 1 aliphatic rings. The second-order valence-electron chi connectivity index (χ2n) is 5.41. The average Bonchev–Trinajstić information content (AvgIpc) is 2.95. The maximum Gasteiger partial charge on any atom is 0.433 e. The number of furan rings is 1. The summed E-state index contributed by atoms with van der Waals surface area (Å²) in [5, 5.41) is 10.6. The summed E-state index contributed by atoms with van der Waals surface area (Å²) in [6.45, 7) is 7.43. The van der Waals surface area contributed by atoms with Gasteiger partial charge in [0, 0.05) is 32.1 Å². The van der Waals surface area contributed by atoms with E-state index in [2.05, 4.69) is 4.90 Å². The molecule has 1 aromatic heterocycles. The minimum absolute atomic E-state index is 0.0734. The number of hydrogen-bond acceptors (Lipinski definition) is 5. The van der Waals surface area contributed by atoms with Gasteiger partial charge in [-0.1, -0.05) is 13.8 Å². The molecule has 1 atom stereocenters. The number of nitrogens with zero attached hydrogens (tertiary/aromatic N) is 3. The molecule has 7 heteroatoms. The van der Waals surface area contributed by atoms with Crippen LogP contribution in [0.3, 0.4) is 0 Å². The van der Waals surface area contributed by atoms with Crippen molar-refractivity contribution in [3.63, 3.8) is 0 Å². The van der Waals surface area contributed by atoms with E-state index in [9.17, 15) is 14.9 Å². The van der Waals surface area contributed by atoms with Crippen molar-refractivity contribution in [3.05, 3.63) is 28.0 Å². The fraction of sp³-hybridized carbons (Fsp3) is 0.643. The maximum atomic E-state index is 12.1. The second kappa shape index (κ2) is 6.71. The predicted octanol–water partition coefficient (Wildman–Crippen LogP) is 1.88. The Bertz CT molecular complexity index is 506. The first kappa shape index (κ1) is 15.5. The third-order valence-corrected chi connectivity index (χ3v) is 3.92. The molecule has 1 fully saturated rings. The zero-order chi connectivity index (χ0) is 15.4. The zero-order valence-electron chi connectivity index (χ0n) is 12.4. The molecule has 2 rings (SSSR count). The molecule has 21 heavy (non-hydrogen) atoms. The van der Waals surface area contributed by atoms with Crippen molar-refractivity contribution in [2.24, 2.45) is 5.92 Å². The van der Waals surface area contributed by atoms with Crippen molar-refractivity contribution >= 4 is 11.8 Å². The summed E-state index contributed by atoms with van der Waals surface area (Å²) in [6.07, 6.45) is 0.856. The molecule has 2 heterocycles. The SMILES string of the molecule is CCC(C)C(=O)N1CCN(Cc2ccc([N+](=O)[O-])o2)CC1. The van der Waals surface area contributed by atoms with E-state index >= 15 is 0 Å². The van der Waals surface area contributed by atoms with Gasteiger partial charge in [-0.15, -0.1) is 0 Å². The number of hydrogen-bond donors (Lipinski definition) is 0. The molecule has 116 valence electrons. The van der Waals surface area contributed by atoms with Crippen LogP contribution >= 0.6 is 0 Å². The number of nitro groups is 1. The third kappa shape index (κ3) is 3.81. The second-order valence-corrected chi connectivity index (χ2v) is 5.41. The van der Waals surface area contributed by atoms with E-state index in [-0.39, 0.29) is 17.7 Å². The maximum absolute atomic E-state index is 12.1. The summed E-state index contributed by atoms with van der Waals surface area (Å²) >= 11 is 0. The standard InChI is InChI=1S/C14H21N3O4/c1-3-11(2)14(18)16-8-6-15(7-9-16)10-12-4-5-13(21-12)17(19)20/h4-5,11H,3,6-10H2,1-2H3. The van der Waals surface area contributed by atoms with Gasteiger partial charge in [0.1, 0.15) is 10.7 Å². The quantitative estimate of drug-likeness (QED) is 0.612. The molecule has 0 N–H and O–H groups in total. The first-order valence-electron chi connectivity index (χ1n) is 7.25. The van der Waals surface area contributed by atoms with Gasteiger partial charge in [-0.05, 0) is 12.5 Å². The van der Waals surface area contributed by atoms with Crippen molar-refractivity contribution in [2.45, 2.75) is 26.8 Å². The average molecular weight is 295 g/mol. The molecular formula is C14H21N3O4. The van der Waals surface area contributed by atoms with E-state index < -0.39 is 4.92 Å². The molecule has 1 aliphatic heterocycles. The van der Waals surface area contributed by atoms with Gasteiger partial charge in [0.2, 0.25) is 5.91 Å². The van der Waals surface area contributed by atoms with Crippen LogP contribution in [0, 0.1) is 16.0 Å². The number of amides is 1. The van der Waals surface area contributed by atoms with Crippen LogP contribution in [0.5, 0.6) is 0 Å². The molecular weight excluding hydrogens is 274 g/mol. The van der Waals surface area contributed by atoms with Crippen molar-refractivity contribution in [3.8, 4) is 0 Å². The molecule has 7 nitrogen and oxygen atoms in total. The van der Waals surface area contributed by atoms with Crippen LogP contribution in [0.2, 0.25) is 0 Å². The Morgan fingerprint density at radius 1 is 1.38 bits per heavy atom. The highest BCUT2D eigenvalue weighted by molar-refractivity contribution is 5.78. The Morgan fingerprint density at radius 2 is 2.05 bits per heavy atom. The van der Waals surface area contributed by atoms with Crippen LogP contribution < -0.4 is 0 Å². The van der Waals surface area contributed by atoms with Crippen LogP contribution in [0.25, 0.3) is 0 Å². The molecule has 1 aromatic rings. The van der Waals surface area contributed by atoms with Crippen LogP contribution in [-0.4, -0.2) is 46.8 Å². The Kier molecular flexibility index (Phi) is 4.95. The van der Waals surface area contributed by atoms with Gasteiger partial charge >= 0.3 is 5.88 Å². The highest BCUT2D eigenvalue weighted by Crippen LogP contribution is 2.18. The largest absolute Gasteiger partial charge is 0.433 e. The van der Waals surface area contributed by atoms with Crippen molar-refractivity contribution in [2.75, 3.05) is 26.2 Å². The lowest BCUT2D eigenvalue weighted by Crippen LogP contribution is -2.49. The molecule has 0 aliphatic carbocycles. The van der Waals surface area contributed by atoms with E-state index in [0.29, 0.717) is 25.4 Å². The molecule has 1 saturated heterocycles. The summed E-state index contributed by atoms with van der Waals surface area (Å²) in [5.74, 6) is 0.647. The topological polar surface area (TPSA) is 79.8 Å². The Balaban J connectivity index is 1.83. The van der Waals surface area contributed by atoms with Crippen molar-refractivity contribution < 1.29 is 14.1 Å². The van der Waals surface area contributed by atoms with E-state index in [1.54, 1.807) is 6.07 Å². The predicted molar refractivity (Wildman–Crippen MR) is 76.7 cm³/mol. The summed E-state index contributed by atoms with van der Waals surface area (Å²) in [7, 11) is 0. The molecule has 0 radical (unpaired) electrons. The third-order valence-electron chi connectivity index (χ3n) is 3.92. The highest BCUT2D eigenvalue weighted by Gasteiger charge is 2.24. The smallest absolute Gasteiger partial charge is 0.404 e. The van der Waals surface area contributed by atoms with E-state index in [4.69, 9.17) is 4.42 Å². The fourth-order valence-corrected chi connectivity index (χ4v) is 2.38. The van der Waals surface area contributed by atoms with Gasteiger partial charge in [-0.25, -0.2) is 0 Å². The molecule has 0 aromatic carbocycles. The lowest BCUT2D eigenvalue weighted by Gasteiger charge is -2.35. The molecule has 0 saturated carbocycles. The van der Waals surface area contributed by atoms with Crippen LogP contribution in [0.15, 0.2) is 16.5 Å². The zero-order valence-corrected chi connectivity index (χ0v) is 12.4. The number of piperazine rings is 1. The van der Waals surface area contributed by atoms with Crippen molar-refractivity contribution in [1.82, 2.24) is 9.80 Å². The summed E-state index contributed by atoms with van der Waals surface area (Å²) in [5.41, 5.74) is 0. The minimum atomic E-state index is -0.535. The molecule has 1 unspecified atom stereocenters. The van der Waals surface area contributed by atoms with Gasteiger partial charge < -0.3 is 9.32 Å². The first-order chi connectivity index (χ1) is 10.0. The number of carbonyl (C=O) groups is 1. The lowest BCUT2D eigenvalue weighted by molar-refractivity contribution is -0.402.